The van der Waals surface area contributed by atoms with E-state index in [2.05, 4.69) is 105 Å². The number of rotatable bonds is 9. The maximum absolute atomic E-state index is 2.29. The van der Waals surface area contributed by atoms with Gasteiger partial charge in [-0.05, 0) is 0 Å². The van der Waals surface area contributed by atoms with E-state index >= 15 is 0 Å². The SMILES string of the molecule is CCC[CH2][Sn][CH2]CCC.c1cc[c]([Sn]([c]2ccccc2)[c]2ccccc2)cc1. The van der Waals surface area contributed by atoms with Crippen LogP contribution in [-0.2, 0) is 0 Å². The number of hydrogen-bond acceptors (Lipinski definition) is 0. The van der Waals surface area contributed by atoms with Crippen molar-refractivity contribution in [2.75, 3.05) is 0 Å². The molecule has 28 heavy (non-hydrogen) atoms. The van der Waals surface area contributed by atoms with Crippen LogP contribution in [0.4, 0.5) is 0 Å². The maximum atomic E-state index is 2.29. The Kier molecular flexibility index (Phi) is 12.7. The monoisotopic (exact) mass is 585 g/mol. The van der Waals surface area contributed by atoms with Crippen molar-refractivity contribution in [1.82, 2.24) is 0 Å². The molecule has 3 radical (unpaired) electrons. The molecule has 0 aromatic heterocycles. The topological polar surface area (TPSA) is 0 Å². The van der Waals surface area contributed by atoms with Gasteiger partial charge in [0.05, 0.1) is 0 Å². The van der Waals surface area contributed by atoms with Crippen molar-refractivity contribution in [3.8, 4) is 0 Å². The van der Waals surface area contributed by atoms with E-state index in [9.17, 15) is 0 Å². The van der Waals surface area contributed by atoms with Crippen molar-refractivity contribution in [2.24, 2.45) is 0 Å². The average molecular weight is 583 g/mol. The quantitative estimate of drug-likeness (QED) is 0.236. The van der Waals surface area contributed by atoms with Crippen molar-refractivity contribution in [1.29, 1.82) is 0 Å². The Balaban J connectivity index is 0.000000266. The molecule has 0 aliphatic heterocycles. The van der Waals surface area contributed by atoms with Gasteiger partial charge in [-0.3, -0.25) is 0 Å². The standard InChI is InChI=1S/3C6H5.2C4H9.2Sn/c3*1-2-4-6-5-3-1;2*1-3-4-2;;/h3*1-5H;2*1,3-4H2,2H3;;. The Morgan fingerprint density at radius 2 is 0.857 bits per heavy atom. The van der Waals surface area contributed by atoms with Gasteiger partial charge in [-0.2, -0.15) is 0 Å². The number of hydrogen-bond donors (Lipinski definition) is 0. The summed E-state index contributed by atoms with van der Waals surface area (Å²) in [7, 11) is 0. The molecule has 0 unspecified atom stereocenters. The molecule has 145 valence electrons. The summed E-state index contributed by atoms with van der Waals surface area (Å²) in [5, 5.41) is 0. The summed E-state index contributed by atoms with van der Waals surface area (Å²) in [5.41, 5.74) is 0. The second-order valence-corrected chi connectivity index (χ2v) is 18.3. The molecule has 0 saturated heterocycles. The van der Waals surface area contributed by atoms with Crippen molar-refractivity contribution in [2.45, 2.75) is 48.4 Å². The van der Waals surface area contributed by atoms with E-state index in [1.807, 2.05) is 0 Å². The molecule has 0 amide bonds. The summed E-state index contributed by atoms with van der Waals surface area (Å²) in [6, 6.07) is 32.9. The van der Waals surface area contributed by atoms with E-state index in [0.717, 1.165) is 0 Å². The molecule has 3 aromatic carbocycles. The molecule has 0 nitrogen and oxygen atoms in total. The molecular formula is C26H33Sn2. The first-order chi connectivity index (χ1) is 13.9. The molecule has 0 heterocycles. The zero-order valence-corrected chi connectivity index (χ0v) is 23.1. The Bertz CT molecular complexity index is 626. The van der Waals surface area contributed by atoms with Gasteiger partial charge in [0.25, 0.3) is 0 Å². The summed E-state index contributed by atoms with van der Waals surface area (Å²) in [6.45, 7) is 4.58. The van der Waals surface area contributed by atoms with Crippen LogP contribution in [0.1, 0.15) is 39.5 Å². The molecule has 0 fully saturated rings. The molecule has 3 aromatic rings. The van der Waals surface area contributed by atoms with Gasteiger partial charge < -0.3 is 0 Å². The molecule has 0 N–H and O–H groups in total. The van der Waals surface area contributed by atoms with Gasteiger partial charge in [0.1, 0.15) is 0 Å². The summed E-state index contributed by atoms with van der Waals surface area (Å²) >= 11 is -1.83. The van der Waals surface area contributed by atoms with Crippen molar-refractivity contribution in [3.05, 3.63) is 91.0 Å². The first kappa shape index (κ1) is 23.5. The molecule has 2 heteroatoms. The molecule has 0 aliphatic rings. The van der Waals surface area contributed by atoms with E-state index in [-0.39, 0.29) is 21.1 Å². The Morgan fingerprint density at radius 1 is 0.536 bits per heavy atom. The van der Waals surface area contributed by atoms with Crippen LogP contribution in [0, 0.1) is 0 Å². The van der Waals surface area contributed by atoms with Crippen molar-refractivity contribution < 1.29 is 0 Å². The summed E-state index contributed by atoms with van der Waals surface area (Å²) < 4.78 is 7.84. The number of benzene rings is 3. The fraction of sp³-hybridized carbons (Fsp3) is 0.308. The zero-order valence-electron chi connectivity index (χ0n) is 17.4. The van der Waals surface area contributed by atoms with E-state index in [1.165, 1.54) is 36.4 Å². The summed E-state index contributed by atoms with van der Waals surface area (Å²) in [4.78, 5) is 0. The van der Waals surface area contributed by atoms with Crippen molar-refractivity contribution >= 4 is 51.6 Å². The van der Waals surface area contributed by atoms with Crippen LogP contribution in [0.25, 0.3) is 0 Å². The average Bonchev–Trinajstić information content (AvgIpc) is 2.77. The zero-order chi connectivity index (χ0) is 19.9. The molecule has 0 bridgehead atoms. The van der Waals surface area contributed by atoms with Crippen LogP contribution >= 0.6 is 0 Å². The normalized spacial score (nSPS) is 10.4. The third-order valence-electron chi connectivity index (χ3n) is 4.60. The third-order valence-corrected chi connectivity index (χ3v) is 16.4. The van der Waals surface area contributed by atoms with Gasteiger partial charge in [-0.15, -0.1) is 0 Å². The van der Waals surface area contributed by atoms with Crippen LogP contribution in [0.5, 0.6) is 0 Å². The Labute approximate surface area is 189 Å². The van der Waals surface area contributed by atoms with Crippen LogP contribution in [0.2, 0.25) is 8.87 Å². The van der Waals surface area contributed by atoms with Crippen LogP contribution < -0.4 is 10.7 Å². The van der Waals surface area contributed by atoms with E-state index in [1.54, 1.807) is 8.87 Å². The van der Waals surface area contributed by atoms with Crippen LogP contribution in [-0.4, -0.2) is 40.9 Å². The van der Waals surface area contributed by atoms with Gasteiger partial charge in [0.15, 0.2) is 0 Å². The molecule has 0 saturated carbocycles. The molecule has 0 spiro atoms. The van der Waals surface area contributed by atoms with Crippen LogP contribution in [0.15, 0.2) is 91.0 Å². The number of unbranched alkanes of at least 4 members (excludes halogenated alkanes) is 2. The second kappa shape index (κ2) is 15.1. The Morgan fingerprint density at radius 3 is 1.14 bits per heavy atom. The first-order valence-corrected chi connectivity index (χ1v) is 18.9. The van der Waals surface area contributed by atoms with Gasteiger partial charge in [-0.1, -0.05) is 0 Å². The molecule has 3 rings (SSSR count). The summed E-state index contributed by atoms with van der Waals surface area (Å²) in [6.07, 6.45) is 5.84. The predicted molar refractivity (Wildman–Crippen MR) is 129 cm³/mol. The Hall–Kier alpha value is -0.743. The fourth-order valence-electron chi connectivity index (χ4n) is 3.04. The first-order valence-electron chi connectivity index (χ1n) is 10.6. The molecular weight excluding hydrogens is 550 g/mol. The van der Waals surface area contributed by atoms with Crippen molar-refractivity contribution in [3.63, 3.8) is 0 Å². The van der Waals surface area contributed by atoms with Crippen LogP contribution in [0.3, 0.4) is 0 Å². The predicted octanol–water partition coefficient (Wildman–Crippen LogP) is 5.33. The minimum absolute atomic E-state index is 0.149. The van der Waals surface area contributed by atoms with E-state index in [0.29, 0.717) is 0 Å². The van der Waals surface area contributed by atoms with E-state index < -0.39 is 19.8 Å². The third kappa shape index (κ3) is 8.73. The molecule has 0 aliphatic carbocycles. The van der Waals surface area contributed by atoms with E-state index in [4.69, 9.17) is 0 Å². The van der Waals surface area contributed by atoms with Gasteiger partial charge >= 0.3 is 191 Å². The second-order valence-electron chi connectivity index (χ2n) is 6.93. The minimum atomic E-state index is -1.98. The molecule has 0 atom stereocenters. The van der Waals surface area contributed by atoms with Gasteiger partial charge in [0.2, 0.25) is 0 Å². The van der Waals surface area contributed by atoms with Gasteiger partial charge in [-0.25, -0.2) is 0 Å². The summed E-state index contributed by atoms with van der Waals surface area (Å²) in [5.74, 6) is 0. The van der Waals surface area contributed by atoms with Gasteiger partial charge in [0, 0.05) is 0 Å². The fourth-order valence-corrected chi connectivity index (χ4v) is 14.6.